The third kappa shape index (κ3) is 5.25. The Labute approximate surface area is 187 Å². The number of rotatable bonds is 6. The van der Waals surface area contributed by atoms with Gasteiger partial charge in [0.05, 0.1) is 11.2 Å². The van der Waals surface area contributed by atoms with Crippen LogP contribution in [0.15, 0.2) is 48.5 Å². The Morgan fingerprint density at radius 1 is 1.03 bits per heavy atom. The van der Waals surface area contributed by atoms with Crippen LogP contribution in [-0.4, -0.2) is 42.7 Å². The Balaban J connectivity index is 1.28. The molecule has 3 N–H and O–H groups in total. The van der Waals surface area contributed by atoms with Crippen molar-refractivity contribution < 1.29 is 9.18 Å². The molecule has 0 radical (unpaired) electrons. The molecule has 8 heteroatoms. The van der Waals surface area contributed by atoms with Crippen LogP contribution in [0.4, 0.5) is 26.6 Å². The van der Waals surface area contributed by atoms with Crippen molar-refractivity contribution in [1.82, 2.24) is 15.3 Å². The fraction of sp³-hybridized carbons (Fsp3) is 0.375. The molecule has 0 bridgehead atoms. The van der Waals surface area contributed by atoms with Crippen molar-refractivity contribution >= 4 is 34.4 Å². The van der Waals surface area contributed by atoms with E-state index >= 15 is 0 Å². The third-order valence-electron chi connectivity index (χ3n) is 5.86. The number of halogens is 1. The van der Waals surface area contributed by atoms with Crippen molar-refractivity contribution in [3.05, 3.63) is 54.3 Å². The Morgan fingerprint density at radius 2 is 1.75 bits per heavy atom. The number of nitrogens with one attached hydrogen (secondary N) is 3. The van der Waals surface area contributed by atoms with E-state index < -0.39 is 5.82 Å². The summed E-state index contributed by atoms with van der Waals surface area (Å²) in [4.78, 5) is 23.5. The fourth-order valence-corrected chi connectivity index (χ4v) is 4.12. The van der Waals surface area contributed by atoms with Gasteiger partial charge in [0, 0.05) is 32.1 Å². The van der Waals surface area contributed by atoms with Gasteiger partial charge in [-0.1, -0.05) is 24.3 Å². The molecule has 1 aliphatic rings. The van der Waals surface area contributed by atoms with Gasteiger partial charge in [-0.15, -0.1) is 0 Å². The smallest absolute Gasteiger partial charge is 0.319 e. The van der Waals surface area contributed by atoms with Gasteiger partial charge in [-0.05, 0) is 55.9 Å². The summed E-state index contributed by atoms with van der Waals surface area (Å²) in [6.45, 7) is 0.574. The van der Waals surface area contributed by atoms with E-state index in [0.717, 1.165) is 42.4 Å². The fourth-order valence-electron chi connectivity index (χ4n) is 4.12. The van der Waals surface area contributed by atoms with Crippen molar-refractivity contribution in [2.24, 2.45) is 5.92 Å². The number of hydrogen-bond donors (Lipinski definition) is 3. The van der Waals surface area contributed by atoms with Crippen molar-refractivity contribution in [3.8, 4) is 0 Å². The molecule has 0 unspecified atom stereocenters. The molecule has 2 aromatic carbocycles. The highest BCUT2D eigenvalue weighted by atomic mass is 19.1. The number of fused-ring (bicyclic) bond motifs is 1. The lowest BCUT2D eigenvalue weighted by Gasteiger charge is -2.29. The molecule has 0 aliphatic heterocycles. The van der Waals surface area contributed by atoms with Gasteiger partial charge in [0.25, 0.3) is 0 Å². The van der Waals surface area contributed by atoms with Gasteiger partial charge >= 0.3 is 6.03 Å². The van der Waals surface area contributed by atoms with Gasteiger partial charge in [0.15, 0.2) is 0 Å². The Morgan fingerprint density at radius 3 is 2.50 bits per heavy atom. The zero-order chi connectivity index (χ0) is 22.5. The molecule has 4 rings (SSSR count). The number of nitrogens with zero attached hydrogens (tertiary/aromatic N) is 3. The second-order valence-corrected chi connectivity index (χ2v) is 8.46. The average Bonchev–Trinajstić information content (AvgIpc) is 2.79. The number of carbonyl (C=O) groups excluding carboxylic acids is 1. The maximum Gasteiger partial charge on any atom is 0.319 e. The largest absolute Gasteiger partial charge is 0.362 e. The Hall–Kier alpha value is -3.42. The van der Waals surface area contributed by atoms with E-state index in [4.69, 9.17) is 9.97 Å². The topological polar surface area (TPSA) is 82.2 Å². The van der Waals surface area contributed by atoms with Crippen LogP contribution in [-0.2, 0) is 0 Å². The molecule has 3 aromatic rings. The van der Waals surface area contributed by atoms with Crippen molar-refractivity contribution in [1.29, 1.82) is 0 Å². The van der Waals surface area contributed by atoms with E-state index in [-0.39, 0.29) is 11.7 Å². The summed E-state index contributed by atoms with van der Waals surface area (Å²) in [5.41, 5.74) is 1.11. The first-order valence-electron chi connectivity index (χ1n) is 11.0. The van der Waals surface area contributed by atoms with Gasteiger partial charge in [0.2, 0.25) is 5.95 Å². The van der Waals surface area contributed by atoms with Crippen molar-refractivity contribution in [2.75, 3.05) is 36.2 Å². The van der Waals surface area contributed by atoms with Gasteiger partial charge in [0.1, 0.15) is 11.6 Å². The predicted octanol–water partition coefficient (Wildman–Crippen LogP) is 4.63. The molecule has 0 saturated heterocycles. The Bertz CT molecular complexity index is 1080. The number of benzene rings is 2. The Kier molecular flexibility index (Phi) is 6.68. The molecule has 0 atom stereocenters. The third-order valence-corrected chi connectivity index (χ3v) is 5.86. The highest BCUT2D eigenvalue weighted by Crippen LogP contribution is 2.28. The van der Waals surface area contributed by atoms with Crippen LogP contribution in [0.2, 0.25) is 0 Å². The molecule has 2 amide bonds. The second-order valence-electron chi connectivity index (χ2n) is 8.46. The van der Waals surface area contributed by atoms with Crippen molar-refractivity contribution in [3.63, 3.8) is 0 Å². The summed E-state index contributed by atoms with van der Waals surface area (Å²) in [6, 6.07) is 14.1. The normalized spacial score (nSPS) is 18.2. The maximum atomic E-state index is 13.7. The molecule has 32 heavy (non-hydrogen) atoms. The number of aromatic nitrogens is 2. The van der Waals surface area contributed by atoms with Crippen LogP contribution < -0.4 is 20.9 Å². The van der Waals surface area contributed by atoms with E-state index in [1.807, 2.05) is 43.3 Å². The molecule has 1 fully saturated rings. The molecule has 1 aromatic heterocycles. The first kappa shape index (κ1) is 21.8. The van der Waals surface area contributed by atoms with Crippen LogP contribution in [0.1, 0.15) is 25.7 Å². The van der Waals surface area contributed by atoms with E-state index in [9.17, 15) is 9.18 Å². The van der Waals surface area contributed by atoms with Gasteiger partial charge in [-0.2, -0.15) is 4.98 Å². The lowest BCUT2D eigenvalue weighted by atomic mass is 9.86. The molecule has 7 nitrogen and oxygen atoms in total. The lowest BCUT2D eigenvalue weighted by molar-refractivity contribution is 0.246. The van der Waals surface area contributed by atoms with E-state index in [1.54, 1.807) is 18.2 Å². The summed E-state index contributed by atoms with van der Waals surface area (Å²) in [6.07, 6.45) is 3.95. The number of hydrogen-bond acceptors (Lipinski definition) is 5. The number of carbonyl (C=O) groups is 1. The summed E-state index contributed by atoms with van der Waals surface area (Å²) in [7, 11) is 3.97. The number of anilines is 3. The summed E-state index contributed by atoms with van der Waals surface area (Å²) in [5, 5.41) is 9.96. The standard InChI is InChI=1S/C24H29FN6O/c1-31(2)22-18-7-3-5-9-20(18)28-23(30-22)27-17-13-11-16(12-14-17)15-26-24(32)29-21-10-6-4-8-19(21)25/h3-10,16-17H,11-15H2,1-2H3,(H2,26,29,32)(H,27,28,30)/t16-,17+. The number of para-hydroxylation sites is 2. The van der Waals surface area contributed by atoms with Gasteiger partial charge in [-0.3, -0.25) is 0 Å². The first-order chi connectivity index (χ1) is 15.5. The van der Waals surface area contributed by atoms with E-state index in [0.29, 0.717) is 24.5 Å². The van der Waals surface area contributed by atoms with Gasteiger partial charge in [-0.25, -0.2) is 14.2 Å². The summed E-state index contributed by atoms with van der Waals surface area (Å²) in [5.74, 6) is 1.51. The zero-order valence-electron chi connectivity index (χ0n) is 18.4. The quantitative estimate of drug-likeness (QED) is 0.525. The van der Waals surface area contributed by atoms with Gasteiger partial charge < -0.3 is 20.9 Å². The van der Waals surface area contributed by atoms with Crippen LogP contribution in [0.3, 0.4) is 0 Å². The minimum absolute atomic E-state index is 0.186. The number of urea groups is 1. The van der Waals surface area contributed by atoms with Crippen LogP contribution in [0, 0.1) is 11.7 Å². The van der Waals surface area contributed by atoms with Crippen molar-refractivity contribution in [2.45, 2.75) is 31.7 Å². The SMILES string of the molecule is CN(C)c1nc(N[C@H]2CC[C@@H](CNC(=O)Nc3ccccc3F)CC2)nc2ccccc12. The lowest BCUT2D eigenvalue weighted by Crippen LogP contribution is -2.36. The number of amides is 2. The van der Waals surface area contributed by atoms with Crippen LogP contribution in [0.5, 0.6) is 0 Å². The zero-order valence-corrected chi connectivity index (χ0v) is 18.4. The molecule has 168 valence electrons. The van der Waals surface area contributed by atoms with Crippen LogP contribution in [0.25, 0.3) is 10.9 Å². The van der Waals surface area contributed by atoms with Crippen LogP contribution >= 0.6 is 0 Å². The monoisotopic (exact) mass is 436 g/mol. The summed E-state index contributed by atoms with van der Waals surface area (Å²) >= 11 is 0. The minimum atomic E-state index is -0.442. The molecular formula is C24H29FN6O. The maximum absolute atomic E-state index is 13.7. The van der Waals surface area contributed by atoms with E-state index in [2.05, 4.69) is 16.0 Å². The molecule has 1 aliphatic carbocycles. The predicted molar refractivity (Wildman–Crippen MR) is 127 cm³/mol. The van der Waals surface area contributed by atoms with E-state index in [1.165, 1.54) is 6.07 Å². The first-order valence-corrected chi connectivity index (χ1v) is 11.0. The minimum Gasteiger partial charge on any atom is -0.362 e. The molecular weight excluding hydrogens is 407 g/mol. The highest BCUT2D eigenvalue weighted by Gasteiger charge is 2.23. The molecule has 1 saturated carbocycles. The highest BCUT2D eigenvalue weighted by molar-refractivity contribution is 5.90. The average molecular weight is 437 g/mol. The molecule has 0 spiro atoms. The molecule has 1 heterocycles. The second kappa shape index (κ2) is 9.80. The summed E-state index contributed by atoms with van der Waals surface area (Å²) < 4.78 is 13.7.